The fourth-order valence-electron chi connectivity index (χ4n) is 4.67. The maximum atomic E-state index is 13.0. The number of nitrogens with zero attached hydrogens (tertiary/aromatic N) is 1. The van der Waals surface area contributed by atoms with Crippen LogP contribution in [-0.2, 0) is 20.9 Å². The maximum Gasteiger partial charge on any atom is 0.315 e. The highest BCUT2D eigenvalue weighted by Gasteiger charge is 2.43. The van der Waals surface area contributed by atoms with Crippen LogP contribution in [0.3, 0.4) is 0 Å². The van der Waals surface area contributed by atoms with Gasteiger partial charge < -0.3 is 14.2 Å². The summed E-state index contributed by atoms with van der Waals surface area (Å²) >= 11 is 6.25. The highest BCUT2D eigenvalue weighted by atomic mass is 35.5. The number of Topliss-reactive ketones (excluding diaryl/α,β-unsaturated/α-hetero) is 1. The Morgan fingerprint density at radius 3 is 2.68 bits per heavy atom. The predicted molar refractivity (Wildman–Crippen MR) is 131 cm³/mol. The van der Waals surface area contributed by atoms with Gasteiger partial charge in [-0.3, -0.25) is 14.6 Å². The Balaban J connectivity index is 1.71. The van der Waals surface area contributed by atoms with E-state index in [-0.39, 0.29) is 25.0 Å². The molecule has 0 saturated carbocycles. The Kier molecular flexibility index (Phi) is 7.37. The van der Waals surface area contributed by atoms with Crippen molar-refractivity contribution >= 4 is 29.1 Å². The third-order valence-electron chi connectivity index (χ3n) is 6.26. The van der Waals surface area contributed by atoms with Gasteiger partial charge in [0, 0.05) is 39.9 Å². The van der Waals surface area contributed by atoms with Gasteiger partial charge in [-0.2, -0.15) is 0 Å². The smallest absolute Gasteiger partial charge is 0.315 e. The number of hydrogen-bond donors (Lipinski definition) is 0. The minimum absolute atomic E-state index is 0.0369. The van der Waals surface area contributed by atoms with Gasteiger partial charge in [-0.05, 0) is 50.5 Å². The molecule has 1 heterocycles. The number of rotatable bonds is 7. The van der Waals surface area contributed by atoms with Gasteiger partial charge in [0.05, 0.1) is 13.7 Å². The Morgan fingerprint density at radius 1 is 1.15 bits per heavy atom. The molecule has 2 atom stereocenters. The summed E-state index contributed by atoms with van der Waals surface area (Å²) in [6.45, 7) is 4.14. The number of ether oxygens (including phenoxy) is 3. The van der Waals surface area contributed by atoms with E-state index in [0.29, 0.717) is 34.2 Å². The summed E-state index contributed by atoms with van der Waals surface area (Å²) in [7, 11) is 1.56. The summed E-state index contributed by atoms with van der Waals surface area (Å²) in [5.74, 6) is -0.431. The molecular formula is C27H28ClNO5. The van der Waals surface area contributed by atoms with Crippen molar-refractivity contribution in [1.82, 2.24) is 0 Å². The van der Waals surface area contributed by atoms with E-state index < -0.39 is 11.8 Å². The van der Waals surface area contributed by atoms with Crippen LogP contribution in [0.25, 0.3) is 0 Å². The van der Waals surface area contributed by atoms with Gasteiger partial charge >= 0.3 is 5.97 Å². The molecule has 0 N–H and O–H groups in total. The van der Waals surface area contributed by atoms with Gasteiger partial charge in [-0.15, -0.1) is 0 Å². The minimum Gasteiger partial charge on any atom is -0.493 e. The van der Waals surface area contributed by atoms with E-state index in [4.69, 9.17) is 25.8 Å². The van der Waals surface area contributed by atoms with Crippen molar-refractivity contribution < 1.29 is 23.8 Å². The summed E-state index contributed by atoms with van der Waals surface area (Å²) in [5, 5.41) is 0.627. The van der Waals surface area contributed by atoms with Crippen LogP contribution in [0.15, 0.2) is 58.7 Å². The van der Waals surface area contributed by atoms with E-state index in [1.54, 1.807) is 14.0 Å². The number of esters is 1. The first-order valence-electron chi connectivity index (χ1n) is 11.5. The molecule has 0 saturated heterocycles. The van der Waals surface area contributed by atoms with Crippen LogP contribution in [-0.4, -0.2) is 31.2 Å². The zero-order valence-electron chi connectivity index (χ0n) is 19.6. The summed E-state index contributed by atoms with van der Waals surface area (Å²) in [5.41, 5.74) is 3.70. The highest BCUT2D eigenvalue weighted by Crippen LogP contribution is 2.45. The number of aliphatic imine (C=N–C) groups is 1. The average Bonchev–Trinajstić information content (AvgIpc) is 2.83. The lowest BCUT2D eigenvalue weighted by Gasteiger charge is -2.34. The van der Waals surface area contributed by atoms with Gasteiger partial charge in [0.1, 0.15) is 12.5 Å². The molecule has 1 unspecified atom stereocenters. The average molecular weight is 482 g/mol. The molecule has 4 rings (SSSR count). The monoisotopic (exact) mass is 481 g/mol. The molecule has 2 aromatic rings. The van der Waals surface area contributed by atoms with E-state index in [0.717, 1.165) is 29.7 Å². The van der Waals surface area contributed by atoms with Gasteiger partial charge in [0.15, 0.2) is 17.3 Å². The second-order valence-electron chi connectivity index (χ2n) is 8.39. The fraction of sp³-hybridized carbons (Fsp3) is 0.370. The number of halogens is 1. The van der Waals surface area contributed by atoms with Crippen LogP contribution < -0.4 is 9.47 Å². The van der Waals surface area contributed by atoms with Crippen LogP contribution in [0.4, 0.5) is 0 Å². The quantitative estimate of drug-likeness (QED) is 0.476. The standard InChI is InChI=1S/C27H28ClNO5/c1-4-33-27(31)24-16(2)29-20-10-7-11-21(30)26(20)25(24)17-12-13-22(23(14-17)32-3)34-15-18-8-5-6-9-19(18)28/h5-6,8-9,12-14,24-25H,4,7,10-11,15H2,1-3H3/t24?,25-/m0/s1. The summed E-state index contributed by atoms with van der Waals surface area (Å²) in [4.78, 5) is 30.6. The number of hydrogen-bond acceptors (Lipinski definition) is 6. The third kappa shape index (κ3) is 4.73. The van der Waals surface area contributed by atoms with E-state index in [9.17, 15) is 9.59 Å². The molecule has 1 aliphatic carbocycles. The van der Waals surface area contributed by atoms with Crippen molar-refractivity contribution in [2.75, 3.05) is 13.7 Å². The number of carbonyl (C=O) groups is 2. The molecule has 178 valence electrons. The molecular weight excluding hydrogens is 454 g/mol. The first-order valence-corrected chi connectivity index (χ1v) is 11.8. The SMILES string of the molecule is CCOC(=O)C1C(C)=NC2=C(C(=O)CCC2)[C@H]1c1ccc(OCc2ccccc2Cl)c(OC)c1. The molecule has 0 bridgehead atoms. The zero-order valence-corrected chi connectivity index (χ0v) is 20.4. The molecule has 6 nitrogen and oxygen atoms in total. The molecule has 0 fully saturated rings. The molecule has 2 aliphatic rings. The van der Waals surface area contributed by atoms with E-state index in [2.05, 4.69) is 4.99 Å². The normalized spacial score (nSPS) is 19.9. The van der Waals surface area contributed by atoms with E-state index >= 15 is 0 Å². The Labute approximate surface area is 204 Å². The zero-order chi connectivity index (χ0) is 24.2. The van der Waals surface area contributed by atoms with Crippen LogP contribution >= 0.6 is 11.6 Å². The summed E-state index contributed by atoms with van der Waals surface area (Å²) in [6, 6.07) is 13.0. The lowest BCUT2D eigenvalue weighted by atomic mass is 9.71. The van der Waals surface area contributed by atoms with E-state index in [1.165, 1.54) is 0 Å². The number of ketones is 1. The van der Waals surface area contributed by atoms with Crippen molar-refractivity contribution in [3.63, 3.8) is 0 Å². The number of carbonyl (C=O) groups excluding carboxylic acids is 2. The van der Waals surface area contributed by atoms with Gasteiger partial charge in [0.2, 0.25) is 0 Å². The van der Waals surface area contributed by atoms with Crippen molar-refractivity contribution in [2.45, 2.75) is 45.6 Å². The van der Waals surface area contributed by atoms with Crippen LogP contribution in [0.2, 0.25) is 5.02 Å². The molecule has 0 aromatic heterocycles. The maximum absolute atomic E-state index is 13.0. The molecule has 0 radical (unpaired) electrons. The largest absolute Gasteiger partial charge is 0.493 e. The lowest BCUT2D eigenvalue weighted by Crippen LogP contribution is -2.37. The van der Waals surface area contributed by atoms with Crippen LogP contribution in [0.5, 0.6) is 11.5 Å². The van der Waals surface area contributed by atoms with E-state index in [1.807, 2.05) is 49.4 Å². The Morgan fingerprint density at radius 2 is 1.94 bits per heavy atom. The van der Waals surface area contributed by atoms with Crippen molar-refractivity contribution in [3.05, 3.63) is 69.9 Å². The fourth-order valence-corrected chi connectivity index (χ4v) is 4.86. The summed E-state index contributed by atoms with van der Waals surface area (Å²) < 4.78 is 17.0. The predicted octanol–water partition coefficient (Wildman–Crippen LogP) is 5.67. The molecule has 7 heteroatoms. The molecule has 1 aliphatic heterocycles. The third-order valence-corrected chi connectivity index (χ3v) is 6.63. The topological polar surface area (TPSA) is 74.2 Å². The summed E-state index contributed by atoms with van der Waals surface area (Å²) in [6.07, 6.45) is 1.94. The molecule has 0 amide bonds. The number of allylic oxidation sites excluding steroid dienone is 2. The number of methoxy groups -OCH3 is 1. The lowest BCUT2D eigenvalue weighted by molar-refractivity contribution is -0.146. The highest BCUT2D eigenvalue weighted by molar-refractivity contribution is 6.31. The van der Waals surface area contributed by atoms with Crippen molar-refractivity contribution in [3.8, 4) is 11.5 Å². The van der Waals surface area contributed by atoms with Crippen molar-refractivity contribution in [2.24, 2.45) is 10.9 Å². The molecule has 0 spiro atoms. The van der Waals surface area contributed by atoms with Gasteiger partial charge in [0.25, 0.3) is 0 Å². The van der Waals surface area contributed by atoms with Crippen LogP contribution in [0, 0.1) is 5.92 Å². The second-order valence-corrected chi connectivity index (χ2v) is 8.80. The first kappa shape index (κ1) is 24.0. The van der Waals surface area contributed by atoms with Crippen LogP contribution in [0.1, 0.15) is 50.2 Å². The Bertz CT molecular complexity index is 1170. The van der Waals surface area contributed by atoms with Gasteiger partial charge in [-0.25, -0.2) is 0 Å². The number of benzene rings is 2. The molecule has 2 aromatic carbocycles. The van der Waals surface area contributed by atoms with Gasteiger partial charge in [-0.1, -0.05) is 35.9 Å². The minimum atomic E-state index is -0.666. The van der Waals surface area contributed by atoms with Crippen molar-refractivity contribution in [1.29, 1.82) is 0 Å². The Hall–Kier alpha value is -3.12. The first-order chi connectivity index (χ1) is 16.4. The second kappa shape index (κ2) is 10.4. The molecule has 34 heavy (non-hydrogen) atoms.